The molecular formula is C12H13F3O2. The number of hydrogen-bond donors (Lipinski definition) is 0. The summed E-state index contributed by atoms with van der Waals surface area (Å²) in [6, 6.07) is 8.77. The van der Waals surface area contributed by atoms with Crippen LogP contribution in [-0.2, 0) is 16.0 Å². The average Bonchev–Trinajstić information content (AvgIpc) is 2.23. The largest absolute Gasteiger partial charge is 0.453 e. The summed E-state index contributed by atoms with van der Waals surface area (Å²) in [4.78, 5) is 10.6. The van der Waals surface area contributed by atoms with Crippen molar-refractivity contribution in [2.45, 2.75) is 32.0 Å². The van der Waals surface area contributed by atoms with E-state index in [0.717, 1.165) is 12.5 Å². The Morgan fingerprint density at radius 2 is 1.88 bits per heavy atom. The van der Waals surface area contributed by atoms with Crippen LogP contribution in [0.5, 0.6) is 0 Å². The summed E-state index contributed by atoms with van der Waals surface area (Å²) in [6.45, 7) is 0.973. The molecule has 5 heteroatoms. The number of hydrogen-bond acceptors (Lipinski definition) is 2. The highest BCUT2D eigenvalue weighted by atomic mass is 19.4. The molecule has 0 amide bonds. The van der Waals surface area contributed by atoms with Crippen molar-refractivity contribution in [1.82, 2.24) is 0 Å². The van der Waals surface area contributed by atoms with E-state index in [-0.39, 0.29) is 12.8 Å². The summed E-state index contributed by atoms with van der Waals surface area (Å²) >= 11 is 0. The molecule has 1 rings (SSSR count). The molecule has 0 aliphatic carbocycles. The van der Waals surface area contributed by atoms with Gasteiger partial charge in [-0.05, 0) is 18.4 Å². The van der Waals surface area contributed by atoms with Crippen molar-refractivity contribution in [1.29, 1.82) is 0 Å². The standard InChI is InChI=1S/C12H13F3O2/c1-9(16)17-11(12(13,14)15)8-7-10-5-3-2-4-6-10/h2-6,11H,7-8H2,1H3. The second-order valence-electron chi connectivity index (χ2n) is 3.66. The number of carbonyl (C=O) groups is 1. The number of halogens is 3. The van der Waals surface area contributed by atoms with Crippen molar-refractivity contribution in [3.63, 3.8) is 0 Å². The van der Waals surface area contributed by atoms with Gasteiger partial charge < -0.3 is 4.74 Å². The Morgan fingerprint density at radius 3 is 2.35 bits per heavy atom. The van der Waals surface area contributed by atoms with Gasteiger partial charge in [0.1, 0.15) is 0 Å². The number of benzene rings is 1. The highest BCUT2D eigenvalue weighted by molar-refractivity contribution is 5.66. The molecule has 1 atom stereocenters. The molecular weight excluding hydrogens is 233 g/mol. The summed E-state index contributed by atoms with van der Waals surface area (Å²) < 4.78 is 41.8. The lowest BCUT2D eigenvalue weighted by molar-refractivity contribution is -0.221. The van der Waals surface area contributed by atoms with E-state index in [1.165, 1.54) is 0 Å². The van der Waals surface area contributed by atoms with E-state index >= 15 is 0 Å². The first-order valence-electron chi connectivity index (χ1n) is 5.17. The maximum atomic E-state index is 12.5. The van der Waals surface area contributed by atoms with Crippen molar-refractivity contribution in [3.05, 3.63) is 35.9 Å². The summed E-state index contributed by atoms with van der Waals surface area (Å²) in [5.41, 5.74) is 0.786. The summed E-state index contributed by atoms with van der Waals surface area (Å²) in [6.07, 6.45) is -6.58. The van der Waals surface area contributed by atoms with Gasteiger partial charge in [0.15, 0.2) is 6.10 Å². The van der Waals surface area contributed by atoms with Crippen LogP contribution in [0.25, 0.3) is 0 Å². The summed E-state index contributed by atoms with van der Waals surface area (Å²) in [7, 11) is 0. The maximum Gasteiger partial charge on any atom is 0.425 e. The zero-order valence-electron chi connectivity index (χ0n) is 9.33. The van der Waals surface area contributed by atoms with Crippen LogP contribution >= 0.6 is 0 Å². The number of carbonyl (C=O) groups excluding carboxylic acids is 1. The molecule has 1 aromatic rings. The highest BCUT2D eigenvalue weighted by Crippen LogP contribution is 2.26. The topological polar surface area (TPSA) is 26.3 Å². The van der Waals surface area contributed by atoms with Crippen LogP contribution in [0.2, 0.25) is 0 Å². The smallest absolute Gasteiger partial charge is 0.425 e. The van der Waals surface area contributed by atoms with E-state index in [4.69, 9.17) is 0 Å². The molecule has 0 aromatic heterocycles. The van der Waals surface area contributed by atoms with Gasteiger partial charge in [-0.2, -0.15) is 13.2 Å². The van der Waals surface area contributed by atoms with Crippen LogP contribution in [0.4, 0.5) is 13.2 Å². The monoisotopic (exact) mass is 246 g/mol. The molecule has 0 fully saturated rings. The van der Waals surface area contributed by atoms with Crippen molar-refractivity contribution in [3.8, 4) is 0 Å². The van der Waals surface area contributed by atoms with Gasteiger partial charge >= 0.3 is 12.1 Å². The number of rotatable bonds is 4. The van der Waals surface area contributed by atoms with Gasteiger partial charge in [-0.1, -0.05) is 30.3 Å². The first kappa shape index (κ1) is 13.5. The third-order valence-electron chi connectivity index (χ3n) is 2.21. The third-order valence-corrected chi connectivity index (χ3v) is 2.21. The van der Waals surface area contributed by atoms with Gasteiger partial charge in [0.2, 0.25) is 0 Å². The van der Waals surface area contributed by atoms with E-state index in [9.17, 15) is 18.0 Å². The molecule has 0 radical (unpaired) electrons. The van der Waals surface area contributed by atoms with Gasteiger partial charge in [0.25, 0.3) is 0 Å². The SMILES string of the molecule is CC(=O)OC(CCc1ccccc1)C(F)(F)F. The Labute approximate surface area is 97.4 Å². The molecule has 1 unspecified atom stereocenters. The van der Waals surface area contributed by atoms with Crippen molar-refractivity contribution in [2.75, 3.05) is 0 Å². The van der Waals surface area contributed by atoms with Crippen LogP contribution in [-0.4, -0.2) is 18.2 Å². The molecule has 0 saturated carbocycles. The second kappa shape index (κ2) is 5.70. The van der Waals surface area contributed by atoms with Crippen molar-refractivity contribution >= 4 is 5.97 Å². The lowest BCUT2D eigenvalue weighted by atomic mass is 10.1. The molecule has 0 N–H and O–H groups in total. The van der Waals surface area contributed by atoms with E-state index in [0.29, 0.717) is 0 Å². The average molecular weight is 246 g/mol. The number of ether oxygens (including phenoxy) is 1. The van der Waals surface area contributed by atoms with Crippen LogP contribution in [0.3, 0.4) is 0 Å². The molecule has 0 spiro atoms. The minimum atomic E-state index is -4.51. The molecule has 0 heterocycles. The predicted molar refractivity (Wildman–Crippen MR) is 56.4 cm³/mol. The Bertz CT molecular complexity index is 360. The van der Waals surface area contributed by atoms with Gasteiger partial charge in [-0.3, -0.25) is 4.79 Å². The normalized spacial score (nSPS) is 13.2. The van der Waals surface area contributed by atoms with Crippen LogP contribution in [0.15, 0.2) is 30.3 Å². The van der Waals surface area contributed by atoms with Crippen LogP contribution < -0.4 is 0 Å². The fraction of sp³-hybridized carbons (Fsp3) is 0.417. The second-order valence-corrected chi connectivity index (χ2v) is 3.66. The number of aryl methyl sites for hydroxylation is 1. The van der Waals surface area contributed by atoms with E-state index < -0.39 is 18.2 Å². The van der Waals surface area contributed by atoms with Crippen LogP contribution in [0, 0.1) is 0 Å². The minimum absolute atomic E-state index is 0.221. The van der Waals surface area contributed by atoms with Gasteiger partial charge in [0.05, 0.1) is 0 Å². The van der Waals surface area contributed by atoms with Gasteiger partial charge in [-0.15, -0.1) is 0 Å². The Balaban J connectivity index is 2.59. The Hall–Kier alpha value is -1.52. The van der Waals surface area contributed by atoms with E-state index in [1.807, 2.05) is 0 Å². The van der Waals surface area contributed by atoms with E-state index in [2.05, 4.69) is 4.74 Å². The third kappa shape index (κ3) is 4.89. The first-order chi connectivity index (χ1) is 7.89. The first-order valence-corrected chi connectivity index (χ1v) is 5.17. The summed E-state index contributed by atoms with van der Waals surface area (Å²) in [5.74, 6) is -0.916. The van der Waals surface area contributed by atoms with Crippen LogP contribution in [0.1, 0.15) is 18.9 Å². The molecule has 2 nitrogen and oxygen atoms in total. The minimum Gasteiger partial charge on any atom is -0.453 e. The fourth-order valence-corrected chi connectivity index (χ4v) is 1.43. The molecule has 0 aliphatic rings. The number of alkyl halides is 3. The van der Waals surface area contributed by atoms with Crippen molar-refractivity contribution in [2.24, 2.45) is 0 Å². The maximum absolute atomic E-state index is 12.5. The Kier molecular flexibility index (Phi) is 4.54. The predicted octanol–water partition coefficient (Wildman–Crippen LogP) is 3.11. The van der Waals surface area contributed by atoms with Gasteiger partial charge in [-0.25, -0.2) is 0 Å². The molecule has 0 aliphatic heterocycles. The van der Waals surface area contributed by atoms with Gasteiger partial charge in [0, 0.05) is 6.92 Å². The Morgan fingerprint density at radius 1 is 1.29 bits per heavy atom. The zero-order chi connectivity index (χ0) is 12.9. The zero-order valence-corrected chi connectivity index (χ0v) is 9.33. The molecule has 1 aromatic carbocycles. The van der Waals surface area contributed by atoms with E-state index in [1.54, 1.807) is 30.3 Å². The number of esters is 1. The molecule has 17 heavy (non-hydrogen) atoms. The molecule has 0 bridgehead atoms. The molecule has 94 valence electrons. The lowest BCUT2D eigenvalue weighted by Gasteiger charge is -2.19. The van der Waals surface area contributed by atoms with Crippen molar-refractivity contribution < 1.29 is 22.7 Å². The fourth-order valence-electron chi connectivity index (χ4n) is 1.43. The quantitative estimate of drug-likeness (QED) is 0.763. The molecule has 0 saturated heterocycles. The highest BCUT2D eigenvalue weighted by Gasteiger charge is 2.41. The summed E-state index contributed by atoms with van der Waals surface area (Å²) in [5, 5.41) is 0. The lowest BCUT2D eigenvalue weighted by Crippen LogP contribution is -2.33.